The van der Waals surface area contributed by atoms with Crippen LogP contribution in [0.25, 0.3) is 22.2 Å². The lowest BCUT2D eigenvalue weighted by Gasteiger charge is -2.22. The van der Waals surface area contributed by atoms with E-state index in [2.05, 4.69) is 15.9 Å². The quantitative estimate of drug-likeness (QED) is 0.234. The molecule has 1 aliphatic rings. The monoisotopic (exact) mass is 573 g/mol. The zero-order chi connectivity index (χ0) is 25.5. The number of aromatic nitrogens is 1. The number of hydrogen-bond donors (Lipinski definition) is 1. The second kappa shape index (κ2) is 9.49. The lowest BCUT2D eigenvalue weighted by atomic mass is 9.97. The summed E-state index contributed by atoms with van der Waals surface area (Å²) in [5, 5.41) is 21.0. The molecule has 9 heteroatoms. The van der Waals surface area contributed by atoms with Gasteiger partial charge < -0.3 is 14.3 Å². The van der Waals surface area contributed by atoms with E-state index in [0.717, 1.165) is 21.1 Å². The predicted octanol–water partition coefficient (Wildman–Crippen LogP) is 6.75. The molecule has 0 spiro atoms. The van der Waals surface area contributed by atoms with E-state index >= 15 is 0 Å². The molecular formula is C28H20BrN3O4S. The van der Waals surface area contributed by atoms with Crippen molar-refractivity contribution in [3.63, 3.8) is 0 Å². The van der Waals surface area contributed by atoms with E-state index in [-0.39, 0.29) is 5.75 Å². The van der Waals surface area contributed by atoms with Crippen molar-refractivity contribution in [3.05, 3.63) is 104 Å². The first kappa shape index (κ1) is 23.4. The summed E-state index contributed by atoms with van der Waals surface area (Å²) >= 11 is 4.91. The van der Waals surface area contributed by atoms with Gasteiger partial charge in [-0.25, -0.2) is 14.8 Å². The zero-order valence-electron chi connectivity index (χ0n) is 19.6. The number of fused-ring (bicyclic) bond motifs is 1. The first-order valence-electron chi connectivity index (χ1n) is 11.5. The summed E-state index contributed by atoms with van der Waals surface area (Å²) in [5.41, 5.74) is 3.43. The Kier molecular flexibility index (Phi) is 6.02. The van der Waals surface area contributed by atoms with Crippen LogP contribution in [0.2, 0.25) is 0 Å². The SMILES string of the molecule is COc1cccc(C2CC(c3cc4ccccc4oc3=O)=NN2c2nc(-c3ccc(Br)cc3)cs2)c1O. The average Bonchev–Trinajstić information content (AvgIpc) is 3.57. The fourth-order valence-electron chi connectivity index (χ4n) is 4.45. The summed E-state index contributed by atoms with van der Waals surface area (Å²) in [6.07, 6.45) is 0.372. The summed E-state index contributed by atoms with van der Waals surface area (Å²) in [5.74, 6) is 0.400. The van der Waals surface area contributed by atoms with E-state index in [9.17, 15) is 9.90 Å². The number of thiazole rings is 1. The predicted molar refractivity (Wildman–Crippen MR) is 149 cm³/mol. The highest BCUT2D eigenvalue weighted by atomic mass is 79.9. The van der Waals surface area contributed by atoms with Crippen molar-refractivity contribution in [2.45, 2.75) is 12.5 Å². The fourth-order valence-corrected chi connectivity index (χ4v) is 5.55. The topological polar surface area (TPSA) is 88.2 Å². The number of methoxy groups -OCH3 is 1. The molecule has 3 aromatic carbocycles. The van der Waals surface area contributed by atoms with Crippen LogP contribution in [0.3, 0.4) is 0 Å². The molecule has 0 radical (unpaired) electrons. The Morgan fingerprint density at radius 1 is 1.11 bits per heavy atom. The van der Waals surface area contributed by atoms with Gasteiger partial charge >= 0.3 is 5.63 Å². The Bertz CT molecular complexity index is 1710. The minimum atomic E-state index is -0.456. The number of para-hydroxylation sites is 2. The molecule has 6 rings (SSSR count). The third-order valence-electron chi connectivity index (χ3n) is 6.30. The number of anilines is 1. The van der Waals surface area contributed by atoms with Gasteiger partial charge in [0.1, 0.15) is 5.58 Å². The number of phenols is 1. The van der Waals surface area contributed by atoms with Crippen molar-refractivity contribution in [3.8, 4) is 22.8 Å². The number of nitrogens with zero attached hydrogens (tertiary/aromatic N) is 3. The second-order valence-corrected chi connectivity index (χ2v) is 10.3. The standard InChI is InChI=1S/C28H20BrN3O4S/c1-35-25-8-4-6-19(26(25)33)23-14-21(20-13-17-5-2-3-7-24(17)36-27(20)34)31-32(23)28-30-22(15-37-28)16-9-11-18(29)12-10-16/h2-13,15,23,33H,14H2,1H3. The van der Waals surface area contributed by atoms with E-state index in [1.807, 2.05) is 60.0 Å². The molecule has 1 unspecified atom stereocenters. The van der Waals surface area contributed by atoms with Gasteiger partial charge in [-0.15, -0.1) is 11.3 Å². The van der Waals surface area contributed by atoms with Crippen LogP contribution in [0, 0.1) is 0 Å². The highest BCUT2D eigenvalue weighted by molar-refractivity contribution is 9.10. The molecule has 5 aromatic rings. The van der Waals surface area contributed by atoms with Gasteiger partial charge in [-0.05, 0) is 30.3 Å². The maximum absolute atomic E-state index is 12.9. The average molecular weight is 574 g/mol. The van der Waals surface area contributed by atoms with Crippen molar-refractivity contribution < 1.29 is 14.3 Å². The van der Waals surface area contributed by atoms with Gasteiger partial charge in [0.25, 0.3) is 0 Å². The molecule has 7 nitrogen and oxygen atoms in total. The van der Waals surface area contributed by atoms with Crippen molar-refractivity contribution in [2.24, 2.45) is 5.10 Å². The molecular weight excluding hydrogens is 554 g/mol. The number of hydrogen-bond acceptors (Lipinski definition) is 8. The number of aromatic hydroxyl groups is 1. The summed E-state index contributed by atoms with van der Waals surface area (Å²) in [4.78, 5) is 17.8. The molecule has 0 saturated carbocycles. The molecule has 1 N–H and O–H groups in total. The summed E-state index contributed by atoms with van der Waals surface area (Å²) in [6, 6.07) is 22.1. The normalized spacial score (nSPS) is 15.2. The number of ether oxygens (including phenoxy) is 1. The van der Waals surface area contributed by atoms with Crippen LogP contribution in [0.5, 0.6) is 11.5 Å². The van der Waals surface area contributed by atoms with Crippen molar-refractivity contribution in [1.29, 1.82) is 0 Å². The van der Waals surface area contributed by atoms with E-state index in [1.54, 1.807) is 23.2 Å². The van der Waals surface area contributed by atoms with Crippen molar-refractivity contribution in [1.82, 2.24) is 4.98 Å². The largest absolute Gasteiger partial charge is 0.504 e. The van der Waals surface area contributed by atoms with Crippen LogP contribution >= 0.6 is 27.3 Å². The van der Waals surface area contributed by atoms with Crippen LogP contribution in [0.15, 0.2) is 97.0 Å². The zero-order valence-corrected chi connectivity index (χ0v) is 22.0. The van der Waals surface area contributed by atoms with Crippen LogP contribution in [-0.4, -0.2) is 22.9 Å². The third kappa shape index (κ3) is 4.30. The van der Waals surface area contributed by atoms with Crippen molar-refractivity contribution in [2.75, 3.05) is 12.1 Å². The molecule has 0 bridgehead atoms. The molecule has 0 saturated heterocycles. The van der Waals surface area contributed by atoms with Crippen LogP contribution in [0.1, 0.15) is 23.6 Å². The van der Waals surface area contributed by atoms with E-state index < -0.39 is 11.7 Å². The third-order valence-corrected chi connectivity index (χ3v) is 7.66. The maximum Gasteiger partial charge on any atom is 0.345 e. The number of halogens is 1. The van der Waals surface area contributed by atoms with E-state index in [0.29, 0.717) is 39.7 Å². The van der Waals surface area contributed by atoms with Gasteiger partial charge in [-0.1, -0.05) is 58.4 Å². The maximum atomic E-state index is 12.9. The Morgan fingerprint density at radius 2 is 1.92 bits per heavy atom. The molecule has 2 aromatic heterocycles. The van der Waals surface area contributed by atoms with Gasteiger partial charge in [0.2, 0.25) is 5.13 Å². The fraction of sp³-hybridized carbons (Fsp3) is 0.107. The molecule has 0 aliphatic carbocycles. The Balaban J connectivity index is 1.46. The smallest absolute Gasteiger partial charge is 0.345 e. The van der Waals surface area contributed by atoms with Crippen molar-refractivity contribution >= 4 is 49.1 Å². The minimum Gasteiger partial charge on any atom is -0.504 e. The van der Waals surface area contributed by atoms with Gasteiger partial charge in [-0.2, -0.15) is 5.10 Å². The first-order valence-corrected chi connectivity index (χ1v) is 13.2. The van der Waals surface area contributed by atoms with Crippen LogP contribution < -0.4 is 15.4 Å². The van der Waals surface area contributed by atoms with E-state index in [4.69, 9.17) is 19.2 Å². The van der Waals surface area contributed by atoms with Gasteiger partial charge in [0, 0.05) is 32.8 Å². The Hall–Kier alpha value is -3.95. The molecule has 1 atom stereocenters. The van der Waals surface area contributed by atoms with Crippen LogP contribution in [-0.2, 0) is 0 Å². The summed E-state index contributed by atoms with van der Waals surface area (Å²) < 4.78 is 11.9. The summed E-state index contributed by atoms with van der Waals surface area (Å²) in [7, 11) is 1.51. The van der Waals surface area contributed by atoms with Crippen LogP contribution in [0.4, 0.5) is 5.13 Å². The Labute approximate surface area is 224 Å². The summed E-state index contributed by atoms with van der Waals surface area (Å²) in [6.45, 7) is 0. The highest BCUT2D eigenvalue weighted by Gasteiger charge is 2.35. The number of rotatable bonds is 5. The first-order chi connectivity index (χ1) is 18.0. The molecule has 1 aliphatic heterocycles. The minimum absolute atomic E-state index is 0.0340. The Morgan fingerprint density at radius 3 is 2.73 bits per heavy atom. The molecule has 0 fully saturated rings. The van der Waals surface area contributed by atoms with Gasteiger partial charge in [0.05, 0.1) is 30.1 Å². The number of phenolic OH excluding ortho intramolecular Hbond substituents is 1. The van der Waals surface area contributed by atoms with Gasteiger partial charge in [-0.3, -0.25) is 0 Å². The number of benzene rings is 3. The lowest BCUT2D eigenvalue weighted by Crippen LogP contribution is -2.18. The van der Waals surface area contributed by atoms with E-state index in [1.165, 1.54) is 18.4 Å². The molecule has 37 heavy (non-hydrogen) atoms. The molecule has 0 amide bonds. The highest BCUT2D eigenvalue weighted by Crippen LogP contribution is 2.44. The molecule has 184 valence electrons. The second-order valence-electron chi connectivity index (χ2n) is 8.52. The lowest BCUT2D eigenvalue weighted by molar-refractivity contribution is 0.368. The van der Waals surface area contributed by atoms with Gasteiger partial charge in [0.15, 0.2) is 11.5 Å². The molecule has 3 heterocycles. The number of hydrazone groups is 1.